The second kappa shape index (κ2) is 6.84. The molecule has 0 aliphatic heterocycles. The molecule has 0 aliphatic rings. The number of hydrogen-bond acceptors (Lipinski definition) is 1. The van der Waals surface area contributed by atoms with Crippen molar-refractivity contribution < 1.29 is 30.3 Å². The second-order valence-corrected chi connectivity index (χ2v) is 8.09. The molecule has 0 radical (unpaired) electrons. The number of phenols is 1. The van der Waals surface area contributed by atoms with Crippen LogP contribution < -0.4 is 0 Å². The first-order chi connectivity index (χ1) is 10.7. The van der Waals surface area contributed by atoms with Crippen LogP contribution in [0.25, 0.3) is 0 Å². The number of benzene rings is 2. The number of aryl methyl sites for hydroxylation is 1. The Hall–Kier alpha value is -1.40. The molecule has 2 aromatic carbocycles. The Kier molecular flexibility index (Phi) is 5.89. The Morgan fingerprint density at radius 2 is 1.33 bits per heavy atom. The number of hydrogen-bond donors (Lipinski definition) is 1. The van der Waals surface area contributed by atoms with Gasteiger partial charge in [0.2, 0.25) is 0 Å². The summed E-state index contributed by atoms with van der Waals surface area (Å²) >= 11 is 1.40. The summed E-state index contributed by atoms with van der Waals surface area (Å²) in [4.78, 5) is 0. The van der Waals surface area contributed by atoms with Gasteiger partial charge in [-0.1, -0.05) is 36.4 Å². The van der Waals surface area contributed by atoms with Crippen LogP contribution in [0.5, 0.6) is 5.75 Å². The third-order valence-electron chi connectivity index (χ3n) is 2.77. The molecule has 0 aliphatic carbocycles. The Morgan fingerprint density at radius 1 is 0.833 bits per heavy atom. The standard InChI is InChI=1S/C15H16OS.F6P/c1-12-4-2-3-5-14(12)11-17-10-13-6-8-15(16)9-7-13;1-7(2,3,4,5)6/h2-9,16H,10-11H2,1H3;/q;-1/p+1. The molecule has 0 fully saturated rings. The van der Waals surface area contributed by atoms with Crippen molar-refractivity contribution in [3.8, 4) is 5.75 Å². The minimum absolute atomic E-state index is 0.337. The maximum absolute atomic E-state index is 10.7. The number of aromatic hydroxyl groups is 1. The van der Waals surface area contributed by atoms with Crippen molar-refractivity contribution >= 4 is 19.6 Å². The zero-order chi connectivity index (χ0) is 18.5. The van der Waals surface area contributed by atoms with Crippen LogP contribution in [0.15, 0.2) is 48.5 Å². The van der Waals surface area contributed by atoms with E-state index in [1.807, 2.05) is 12.1 Å². The van der Waals surface area contributed by atoms with Gasteiger partial charge in [-0.25, -0.2) is 0 Å². The summed E-state index contributed by atoms with van der Waals surface area (Å²) in [6.45, 7) is 2.16. The molecule has 0 saturated heterocycles. The van der Waals surface area contributed by atoms with Crippen LogP contribution in [0, 0.1) is 6.92 Å². The van der Waals surface area contributed by atoms with Crippen molar-refractivity contribution in [3.63, 3.8) is 0 Å². The molecule has 0 unspecified atom stereocenters. The molecule has 1 N–H and O–H groups in total. The van der Waals surface area contributed by atoms with E-state index >= 15 is 0 Å². The van der Waals surface area contributed by atoms with E-state index in [9.17, 15) is 30.3 Å². The van der Waals surface area contributed by atoms with Crippen LogP contribution in [0.3, 0.4) is 0 Å². The summed E-state index contributed by atoms with van der Waals surface area (Å²) < 4.78 is 59.2. The molecule has 136 valence electrons. The molecule has 0 spiro atoms. The zero-order valence-corrected chi connectivity index (χ0v) is 14.4. The van der Waals surface area contributed by atoms with Crippen LogP contribution >= 0.6 is 7.81 Å². The monoisotopic (exact) mass is 390 g/mol. The molecule has 0 heterocycles. The number of phenolic OH excluding ortho intramolecular Hbond substituents is 1. The second-order valence-electron chi connectivity index (χ2n) is 5.09. The quantitative estimate of drug-likeness (QED) is 0.270. The van der Waals surface area contributed by atoms with Gasteiger partial charge in [-0.3, -0.25) is 0 Å². The average molecular weight is 390 g/mol. The van der Waals surface area contributed by atoms with Gasteiger partial charge in [0.1, 0.15) is 17.3 Å². The first-order valence-electron chi connectivity index (χ1n) is 6.73. The number of thiol groups is 1. The molecule has 24 heavy (non-hydrogen) atoms. The Bertz CT molecular complexity index is 659. The van der Waals surface area contributed by atoms with E-state index in [2.05, 4.69) is 31.2 Å². The summed E-state index contributed by atoms with van der Waals surface area (Å²) in [6.07, 6.45) is 0. The summed E-state index contributed by atoms with van der Waals surface area (Å²) in [6, 6.07) is 16.0. The predicted molar refractivity (Wildman–Crippen MR) is 89.0 cm³/mol. The van der Waals surface area contributed by atoms with Gasteiger partial charge in [-0.05, 0) is 36.4 Å². The van der Waals surface area contributed by atoms with Crippen LogP contribution in [-0.4, -0.2) is 5.11 Å². The summed E-state index contributed by atoms with van der Waals surface area (Å²) in [5.74, 6) is 2.46. The van der Waals surface area contributed by atoms with Gasteiger partial charge in [0.15, 0.2) is 0 Å². The molecule has 1 nitrogen and oxygen atoms in total. The van der Waals surface area contributed by atoms with Crippen LogP contribution in [-0.2, 0) is 23.3 Å². The summed E-state index contributed by atoms with van der Waals surface area (Å²) in [5.41, 5.74) is 4.07. The molecule has 2 rings (SSSR count). The topological polar surface area (TPSA) is 20.2 Å². The Balaban J connectivity index is 0.000000351. The third kappa shape index (κ3) is 12.1. The molecule has 0 amide bonds. The summed E-state index contributed by atoms with van der Waals surface area (Å²) in [5, 5.41) is 9.19. The molecule has 9 heteroatoms. The Labute approximate surface area is 139 Å². The van der Waals surface area contributed by atoms with Crippen molar-refractivity contribution in [1.82, 2.24) is 0 Å². The van der Waals surface area contributed by atoms with Gasteiger partial charge < -0.3 is 5.11 Å². The molecule has 0 bridgehead atoms. The SMILES string of the molecule is Cc1ccccc1C[SH+]Cc1ccc(O)cc1.F[P-](F)(F)(F)(F)F. The van der Waals surface area contributed by atoms with Crippen molar-refractivity contribution in [3.05, 3.63) is 65.2 Å². The van der Waals surface area contributed by atoms with E-state index in [0.717, 1.165) is 11.5 Å². The van der Waals surface area contributed by atoms with E-state index in [0.29, 0.717) is 5.75 Å². The van der Waals surface area contributed by atoms with E-state index in [4.69, 9.17) is 0 Å². The fourth-order valence-electron chi connectivity index (χ4n) is 1.69. The van der Waals surface area contributed by atoms with Crippen molar-refractivity contribution in [2.45, 2.75) is 18.4 Å². The van der Waals surface area contributed by atoms with Gasteiger partial charge in [0.05, 0.1) is 0 Å². The van der Waals surface area contributed by atoms with E-state index in [1.54, 1.807) is 12.1 Å². The van der Waals surface area contributed by atoms with Gasteiger partial charge in [0, 0.05) is 11.1 Å². The third-order valence-corrected chi connectivity index (χ3v) is 3.93. The van der Waals surface area contributed by atoms with E-state index in [1.165, 1.54) is 28.5 Å². The molecular formula is C15H17F6OPS. The van der Waals surface area contributed by atoms with Gasteiger partial charge >= 0.3 is 33.0 Å². The van der Waals surface area contributed by atoms with Crippen molar-refractivity contribution in [1.29, 1.82) is 0 Å². The maximum atomic E-state index is 9.87. The zero-order valence-electron chi connectivity index (χ0n) is 12.6. The normalized spacial score (nSPS) is 14.1. The minimum atomic E-state index is -10.7. The van der Waals surface area contributed by atoms with E-state index in [-0.39, 0.29) is 0 Å². The fourth-order valence-corrected chi connectivity index (χ4v) is 2.87. The molecule has 0 atom stereocenters. The molecular weight excluding hydrogens is 373 g/mol. The molecule has 0 aromatic heterocycles. The molecule has 0 saturated carbocycles. The van der Waals surface area contributed by atoms with Crippen LogP contribution in [0.2, 0.25) is 0 Å². The summed E-state index contributed by atoms with van der Waals surface area (Å²) in [7, 11) is -10.7. The van der Waals surface area contributed by atoms with Crippen molar-refractivity contribution in [2.75, 3.05) is 0 Å². The number of halogens is 6. The first kappa shape index (κ1) is 20.6. The van der Waals surface area contributed by atoms with Crippen LogP contribution in [0.4, 0.5) is 25.2 Å². The van der Waals surface area contributed by atoms with Gasteiger partial charge in [-0.15, -0.1) is 0 Å². The predicted octanol–water partition coefficient (Wildman–Crippen LogP) is 6.60. The van der Waals surface area contributed by atoms with Gasteiger partial charge in [-0.2, -0.15) is 0 Å². The fraction of sp³-hybridized carbons (Fsp3) is 0.200. The average Bonchev–Trinajstić information content (AvgIpc) is 2.40. The molecule has 2 aromatic rings. The number of rotatable bonds is 4. The van der Waals surface area contributed by atoms with E-state index < -0.39 is 7.81 Å². The Morgan fingerprint density at radius 3 is 1.83 bits per heavy atom. The van der Waals surface area contributed by atoms with Crippen molar-refractivity contribution in [2.24, 2.45) is 0 Å². The first-order valence-corrected chi connectivity index (χ1v) is 10.0. The van der Waals surface area contributed by atoms with Crippen LogP contribution in [0.1, 0.15) is 16.7 Å². The van der Waals surface area contributed by atoms with Gasteiger partial charge in [0.25, 0.3) is 0 Å².